The predicted molar refractivity (Wildman–Crippen MR) is 83.6 cm³/mol. The van der Waals surface area contributed by atoms with Crippen LogP contribution in [-0.4, -0.2) is 16.9 Å². The number of halogens is 2. The number of nitrogens with zero attached hydrogens (tertiary/aromatic N) is 1. The van der Waals surface area contributed by atoms with Crippen molar-refractivity contribution in [3.05, 3.63) is 53.9 Å². The molecule has 0 saturated heterocycles. The number of aromatic nitrogens is 1. The van der Waals surface area contributed by atoms with Crippen LogP contribution < -0.4 is 10.6 Å². The summed E-state index contributed by atoms with van der Waals surface area (Å²) in [5.41, 5.74) is 0.922. The first-order valence-corrected chi connectivity index (χ1v) is 7.61. The molecule has 1 aromatic heterocycles. The highest BCUT2D eigenvalue weighted by molar-refractivity contribution is 5.93. The minimum Gasteiger partial charge on any atom is -0.353 e. The van der Waals surface area contributed by atoms with E-state index < -0.39 is 11.6 Å². The normalized spacial score (nSPS) is 14.7. The molecule has 0 atom stereocenters. The van der Waals surface area contributed by atoms with Gasteiger partial charge in [-0.15, -0.1) is 0 Å². The van der Waals surface area contributed by atoms with Gasteiger partial charge in [0.15, 0.2) is 0 Å². The topological polar surface area (TPSA) is 54.0 Å². The molecule has 1 aliphatic rings. The van der Waals surface area contributed by atoms with Crippen LogP contribution in [0.25, 0.3) is 0 Å². The van der Waals surface area contributed by atoms with E-state index in [9.17, 15) is 13.6 Å². The third kappa shape index (κ3) is 3.83. The largest absolute Gasteiger partial charge is 0.353 e. The zero-order valence-corrected chi connectivity index (χ0v) is 12.5. The Morgan fingerprint density at radius 1 is 1.13 bits per heavy atom. The van der Waals surface area contributed by atoms with Gasteiger partial charge in [0.25, 0.3) is 5.91 Å². The quantitative estimate of drug-likeness (QED) is 0.902. The van der Waals surface area contributed by atoms with Gasteiger partial charge in [-0.05, 0) is 37.1 Å². The molecule has 2 aromatic rings. The Morgan fingerprint density at radius 2 is 1.91 bits per heavy atom. The maximum absolute atomic E-state index is 13.7. The van der Waals surface area contributed by atoms with Gasteiger partial charge in [-0.25, -0.2) is 8.78 Å². The van der Waals surface area contributed by atoms with Gasteiger partial charge in [-0.3, -0.25) is 9.78 Å². The van der Waals surface area contributed by atoms with Gasteiger partial charge >= 0.3 is 0 Å². The van der Waals surface area contributed by atoms with Crippen LogP contribution in [0.15, 0.2) is 36.5 Å². The van der Waals surface area contributed by atoms with Crippen LogP contribution in [0.5, 0.6) is 0 Å². The minimum atomic E-state index is -0.696. The molecule has 0 bridgehead atoms. The lowest BCUT2D eigenvalue weighted by Crippen LogP contribution is -2.33. The number of amides is 1. The lowest BCUT2D eigenvalue weighted by atomic mass is 10.2. The van der Waals surface area contributed by atoms with Crippen molar-refractivity contribution in [2.75, 3.05) is 5.32 Å². The molecule has 3 rings (SSSR count). The fourth-order valence-corrected chi connectivity index (χ4v) is 2.71. The molecule has 1 fully saturated rings. The molecule has 120 valence electrons. The van der Waals surface area contributed by atoms with E-state index in [1.165, 1.54) is 18.3 Å². The number of carbonyl (C=O) groups excluding carboxylic acids is 1. The third-order valence-corrected chi connectivity index (χ3v) is 3.89. The maximum Gasteiger partial charge on any atom is 0.270 e. The number of nitrogens with one attached hydrogen (secondary N) is 2. The summed E-state index contributed by atoms with van der Waals surface area (Å²) in [6.45, 7) is 0. The van der Waals surface area contributed by atoms with Crippen molar-refractivity contribution in [1.82, 2.24) is 10.3 Å². The van der Waals surface area contributed by atoms with E-state index in [0.717, 1.165) is 31.7 Å². The van der Waals surface area contributed by atoms with Crippen molar-refractivity contribution in [3.8, 4) is 0 Å². The number of rotatable bonds is 4. The zero-order chi connectivity index (χ0) is 16.2. The van der Waals surface area contributed by atoms with E-state index in [2.05, 4.69) is 15.6 Å². The van der Waals surface area contributed by atoms with Gasteiger partial charge in [0, 0.05) is 24.0 Å². The van der Waals surface area contributed by atoms with Crippen molar-refractivity contribution >= 4 is 17.3 Å². The summed E-state index contributed by atoms with van der Waals surface area (Å²) in [7, 11) is 0. The Balaban J connectivity index is 1.72. The Bertz CT molecular complexity index is 715. The number of carbonyl (C=O) groups is 1. The second-order valence-corrected chi connectivity index (χ2v) is 5.63. The molecular formula is C17H17F2N3O. The van der Waals surface area contributed by atoms with Crippen LogP contribution in [0.2, 0.25) is 0 Å². The summed E-state index contributed by atoms with van der Waals surface area (Å²) in [6, 6.07) is 6.65. The van der Waals surface area contributed by atoms with Crippen molar-refractivity contribution in [1.29, 1.82) is 0 Å². The lowest BCUT2D eigenvalue weighted by molar-refractivity contribution is 0.0933. The van der Waals surface area contributed by atoms with E-state index in [1.54, 1.807) is 12.1 Å². The van der Waals surface area contributed by atoms with Crippen molar-refractivity contribution in [2.45, 2.75) is 31.7 Å². The summed E-state index contributed by atoms with van der Waals surface area (Å²) in [5.74, 6) is -1.57. The first-order chi connectivity index (χ1) is 11.1. The number of pyridine rings is 1. The van der Waals surface area contributed by atoms with Crippen LogP contribution in [0.4, 0.5) is 20.2 Å². The fraction of sp³-hybridized carbons (Fsp3) is 0.294. The molecule has 1 aromatic carbocycles. The highest BCUT2D eigenvalue weighted by atomic mass is 19.1. The highest BCUT2D eigenvalue weighted by Crippen LogP contribution is 2.21. The summed E-state index contributed by atoms with van der Waals surface area (Å²) in [4.78, 5) is 16.2. The summed E-state index contributed by atoms with van der Waals surface area (Å²) >= 11 is 0. The van der Waals surface area contributed by atoms with Gasteiger partial charge in [-0.1, -0.05) is 12.8 Å². The molecule has 0 aliphatic heterocycles. The smallest absolute Gasteiger partial charge is 0.270 e. The molecule has 4 nitrogen and oxygen atoms in total. The summed E-state index contributed by atoms with van der Waals surface area (Å²) in [5, 5.41) is 5.78. The molecule has 1 amide bonds. The second-order valence-electron chi connectivity index (χ2n) is 5.63. The molecule has 2 N–H and O–H groups in total. The van der Waals surface area contributed by atoms with Gasteiger partial charge < -0.3 is 10.6 Å². The Labute approximate surface area is 132 Å². The lowest BCUT2D eigenvalue weighted by Gasteiger charge is -2.12. The van der Waals surface area contributed by atoms with Gasteiger partial charge in [0.1, 0.15) is 17.3 Å². The van der Waals surface area contributed by atoms with Gasteiger partial charge in [-0.2, -0.15) is 0 Å². The van der Waals surface area contributed by atoms with Crippen LogP contribution in [0.1, 0.15) is 36.2 Å². The van der Waals surface area contributed by atoms with Crippen LogP contribution in [0.3, 0.4) is 0 Å². The van der Waals surface area contributed by atoms with Crippen LogP contribution in [0, 0.1) is 11.6 Å². The van der Waals surface area contributed by atoms with Crippen molar-refractivity contribution < 1.29 is 13.6 Å². The van der Waals surface area contributed by atoms with Gasteiger partial charge in [0.05, 0.1) is 5.69 Å². The Morgan fingerprint density at radius 3 is 2.65 bits per heavy atom. The molecule has 0 spiro atoms. The Kier molecular flexibility index (Phi) is 4.50. The van der Waals surface area contributed by atoms with E-state index >= 15 is 0 Å². The predicted octanol–water partition coefficient (Wildman–Crippen LogP) is 3.78. The van der Waals surface area contributed by atoms with E-state index in [-0.39, 0.29) is 23.3 Å². The number of hydrogen-bond acceptors (Lipinski definition) is 3. The Hall–Kier alpha value is -2.50. The number of hydrogen-bond donors (Lipinski definition) is 2. The van der Waals surface area contributed by atoms with Crippen molar-refractivity contribution in [2.24, 2.45) is 0 Å². The third-order valence-electron chi connectivity index (χ3n) is 3.89. The molecule has 23 heavy (non-hydrogen) atoms. The average molecular weight is 317 g/mol. The maximum atomic E-state index is 13.7. The first kappa shape index (κ1) is 15.4. The standard InChI is InChI=1S/C17H17F2N3O/c18-11-5-6-15(14(19)9-11)21-13-7-8-20-16(10-13)17(23)22-12-3-1-2-4-12/h5-10,12H,1-4H2,(H,20,21)(H,22,23). The minimum absolute atomic E-state index is 0.139. The second kappa shape index (κ2) is 6.73. The van der Waals surface area contributed by atoms with E-state index in [1.807, 2.05) is 0 Å². The SMILES string of the molecule is O=C(NC1CCCC1)c1cc(Nc2ccc(F)cc2F)ccn1. The monoisotopic (exact) mass is 317 g/mol. The van der Waals surface area contributed by atoms with E-state index in [0.29, 0.717) is 5.69 Å². The number of anilines is 2. The number of benzene rings is 1. The molecule has 1 aliphatic carbocycles. The summed E-state index contributed by atoms with van der Waals surface area (Å²) in [6.07, 6.45) is 5.72. The molecule has 6 heteroatoms. The van der Waals surface area contributed by atoms with Gasteiger partial charge in [0.2, 0.25) is 0 Å². The summed E-state index contributed by atoms with van der Waals surface area (Å²) < 4.78 is 26.6. The fourth-order valence-electron chi connectivity index (χ4n) is 2.71. The molecule has 0 radical (unpaired) electrons. The van der Waals surface area contributed by atoms with Crippen LogP contribution >= 0.6 is 0 Å². The molecule has 0 unspecified atom stereocenters. The van der Waals surface area contributed by atoms with E-state index in [4.69, 9.17) is 0 Å². The van der Waals surface area contributed by atoms with Crippen LogP contribution in [-0.2, 0) is 0 Å². The van der Waals surface area contributed by atoms with Crippen molar-refractivity contribution in [3.63, 3.8) is 0 Å². The zero-order valence-electron chi connectivity index (χ0n) is 12.5. The molecular weight excluding hydrogens is 300 g/mol. The average Bonchev–Trinajstić information content (AvgIpc) is 3.03. The highest BCUT2D eigenvalue weighted by Gasteiger charge is 2.18. The first-order valence-electron chi connectivity index (χ1n) is 7.61. The molecule has 1 heterocycles. The molecule has 1 saturated carbocycles.